The third kappa shape index (κ3) is 4.92. The highest BCUT2D eigenvalue weighted by atomic mass is 16.5. The van der Waals surface area contributed by atoms with E-state index in [1.807, 2.05) is 37.3 Å². The van der Waals surface area contributed by atoms with Gasteiger partial charge in [-0.3, -0.25) is 0 Å². The molecule has 3 rings (SSSR count). The van der Waals surface area contributed by atoms with Crippen LogP contribution in [0.3, 0.4) is 0 Å². The summed E-state index contributed by atoms with van der Waals surface area (Å²) in [5.41, 5.74) is 5.67. The summed E-state index contributed by atoms with van der Waals surface area (Å²) in [5, 5.41) is 0. The summed E-state index contributed by atoms with van der Waals surface area (Å²) in [6.45, 7) is 10.6. The summed E-state index contributed by atoms with van der Waals surface area (Å²) in [5.74, 6) is 0.0413. The summed E-state index contributed by atoms with van der Waals surface area (Å²) in [6, 6.07) is 20.9. The van der Waals surface area contributed by atoms with Crippen LogP contribution in [0.2, 0.25) is 0 Å². The van der Waals surface area contributed by atoms with Gasteiger partial charge in [0.25, 0.3) is 0 Å². The van der Waals surface area contributed by atoms with Crippen LogP contribution in [0.25, 0.3) is 22.3 Å². The Hall–Kier alpha value is -3.92. The summed E-state index contributed by atoms with van der Waals surface area (Å²) in [4.78, 5) is 22.9. The van der Waals surface area contributed by atoms with Gasteiger partial charge < -0.3 is 9.47 Å². The second-order valence-corrected chi connectivity index (χ2v) is 6.87. The molecule has 0 saturated carbocycles. The lowest BCUT2D eigenvalue weighted by Crippen LogP contribution is -2.07. The Bertz CT molecular complexity index is 1110. The zero-order chi connectivity index (χ0) is 21.7. The number of carbonyl (C=O) groups excluding carboxylic acids is 2. The third-order valence-electron chi connectivity index (χ3n) is 4.52. The molecule has 3 aromatic carbocycles. The summed E-state index contributed by atoms with van der Waals surface area (Å²) >= 11 is 0. The van der Waals surface area contributed by atoms with Gasteiger partial charge in [0.05, 0.1) is 0 Å². The van der Waals surface area contributed by atoms with Gasteiger partial charge in [0, 0.05) is 11.6 Å². The largest absolute Gasteiger partial charge is 0.423 e. The van der Waals surface area contributed by atoms with Crippen molar-refractivity contribution in [2.75, 3.05) is 0 Å². The minimum absolute atomic E-state index is 0.359. The average molecular weight is 398 g/mol. The normalized spacial score (nSPS) is 10.2. The van der Waals surface area contributed by atoms with Gasteiger partial charge in [0.2, 0.25) is 0 Å². The molecular weight excluding hydrogens is 376 g/mol. The van der Waals surface area contributed by atoms with Crippen molar-refractivity contribution < 1.29 is 19.1 Å². The fourth-order valence-electron chi connectivity index (χ4n) is 2.94. The third-order valence-corrected chi connectivity index (χ3v) is 4.52. The van der Waals surface area contributed by atoms with Crippen molar-refractivity contribution in [3.8, 4) is 33.8 Å². The monoisotopic (exact) mass is 398 g/mol. The topological polar surface area (TPSA) is 52.6 Å². The fourth-order valence-corrected chi connectivity index (χ4v) is 2.94. The summed E-state index contributed by atoms with van der Waals surface area (Å²) < 4.78 is 10.3. The van der Waals surface area contributed by atoms with Crippen molar-refractivity contribution in [1.82, 2.24) is 0 Å². The van der Waals surface area contributed by atoms with Crippen LogP contribution in [0, 0.1) is 6.92 Å². The minimum atomic E-state index is -0.483. The Morgan fingerprint density at radius 3 is 1.87 bits per heavy atom. The summed E-state index contributed by atoms with van der Waals surface area (Å²) in [6.07, 6.45) is 1.13. The second kappa shape index (κ2) is 9.05. The highest BCUT2D eigenvalue weighted by Crippen LogP contribution is 2.30. The first kappa shape index (κ1) is 20.8. The molecule has 0 saturated heterocycles. The van der Waals surface area contributed by atoms with Crippen molar-refractivity contribution in [2.24, 2.45) is 0 Å². The molecule has 0 heterocycles. The Morgan fingerprint density at radius 2 is 1.33 bits per heavy atom. The zero-order valence-corrected chi connectivity index (χ0v) is 17.0. The van der Waals surface area contributed by atoms with E-state index in [1.54, 1.807) is 31.2 Å². The van der Waals surface area contributed by atoms with Crippen LogP contribution in [-0.4, -0.2) is 11.9 Å². The molecular formula is C26H22O4. The molecule has 4 heteroatoms. The first-order chi connectivity index (χ1) is 14.4. The molecule has 0 fully saturated rings. The fraction of sp³-hybridized carbons (Fsp3) is 0.0769. The molecule has 0 aliphatic rings. The van der Waals surface area contributed by atoms with Crippen LogP contribution in [0.5, 0.6) is 11.5 Å². The number of ether oxygens (including phenoxy) is 2. The maximum absolute atomic E-state index is 11.6. The highest BCUT2D eigenvalue weighted by molar-refractivity contribution is 5.88. The van der Waals surface area contributed by atoms with E-state index in [9.17, 15) is 9.59 Å². The van der Waals surface area contributed by atoms with Crippen molar-refractivity contribution in [1.29, 1.82) is 0 Å². The van der Waals surface area contributed by atoms with E-state index in [0.29, 0.717) is 17.1 Å². The quantitative estimate of drug-likeness (QED) is 0.295. The van der Waals surface area contributed by atoms with Crippen LogP contribution in [0.4, 0.5) is 0 Å². The molecule has 3 aromatic rings. The molecule has 150 valence electrons. The van der Waals surface area contributed by atoms with Crippen LogP contribution < -0.4 is 9.47 Å². The summed E-state index contributed by atoms with van der Waals surface area (Å²) in [7, 11) is 0. The van der Waals surface area contributed by atoms with Crippen LogP contribution in [0.15, 0.2) is 91.5 Å². The number of esters is 2. The van der Waals surface area contributed by atoms with Crippen LogP contribution >= 0.6 is 0 Å². The van der Waals surface area contributed by atoms with Crippen molar-refractivity contribution in [2.45, 2.75) is 13.8 Å². The zero-order valence-electron chi connectivity index (χ0n) is 17.0. The molecule has 0 radical (unpaired) electrons. The van der Waals surface area contributed by atoms with Gasteiger partial charge in [-0.15, -0.1) is 0 Å². The number of aryl methyl sites for hydroxylation is 1. The number of hydrogen-bond acceptors (Lipinski definition) is 4. The van der Waals surface area contributed by atoms with Gasteiger partial charge in [-0.05, 0) is 65.9 Å². The molecule has 0 amide bonds. The molecule has 0 aliphatic heterocycles. The lowest BCUT2D eigenvalue weighted by atomic mass is 9.96. The Kier molecular flexibility index (Phi) is 6.28. The molecule has 0 N–H and O–H groups in total. The Morgan fingerprint density at radius 1 is 0.800 bits per heavy atom. The van der Waals surface area contributed by atoms with Crippen LogP contribution in [0.1, 0.15) is 12.5 Å². The maximum atomic E-state index is 11.6. The standard InChI is InChI=1S/C26H22O4/c1-5-25(27)29-22-13-8-20(9-14-22)24-15-10-21(16-18(24)4)19-6-11-23(12-7-19)30-26(28)17(2)3/h5-16H,1-2H2,3-4H3. The molecule has 0 atom stereocenters. The van der Waals surface area contributed by atoms with Crippen LogP contribution in [-0.2, 0) is 9.59 Å². The van der Waals surface area contributed by atoms with Gasteiger partial charge in [-0.2, -0.15) is 0 Å². The number of benzene rings is 3. The minimum Gasteiger partial charge on any atom is -0.423 e. The van der Waals surface area contributed by atoms with E-state index in [2.05, 4.69) is 25.3 Å². The van der Waals surface area contributed by atoms with E-state index in [-0.39, 0.29) is 0 Å². The number of rotatable bonds is 6. The molecule has 0 unspecified atom stereocenters. The Labute approximate surface area is 176 Å². The molecule has 0 aliphatic carbocycles. The van der Waals surface area contributed by atoms with Gasteiger partial charge in [0.1, 0.15) is 11.5 Å². The first-order valence-corrected chi connectivity index (χ1v) is 9.41. The Balaban J connectivity index is 1.78. The van der Waals surface area contributed by atoms with E-state index >= 15 is 0 Å². The number of carbonyl (C=O) groups is 2. The lowest BCUT2D eigenvalue weighted by Gasteiger charge is -2.11. The van der Waals surface area contributed by atoms with E-state index < -0.39 is 11.9 Å². The second-order valence-electron chi connectivity index (χ2n) is 6.87. The van der Waals surface area contributed by atoms with Gasteiger partial charge in [-0.25, -0.2) is 9.59 Å². The van der Waals surface area contributed by atoms with E-state index in [1.165, 1.54) is 0 Å². The smallest absolute Gasteiger partial charge is 0.338 e. The van der Waals surface area contributed by atoms with Crippen molar-refractivity contribution >= 4 is 11.9 Å². The molecule has 0 bridgehead atoms. The van der Waals surface area contributed by atoms with E-state index in [0.717, 1.165) is 33.9 Å². The molecule has 4 nitrogen and oxygen atoms in total. The van der Waals surface area contributed by atoms with Gasteiger partial charge in [-0.1, -0.05) is 55.6 Å². The maximum Gasteiger partial charge on any atom is 0.338 e. The van der Waals surface area contributed by atoms with Gasteiger partial charge >= 0.3 is 11.9 Å². The van der Waals surface area contributed by atoms with E-state index in [4.69, 9.17) is 9.47 Å². The van der Waals surface area contributed by atoms with Crippen molar-refractivity contribution in [3.05, 3.63) is 97.1 Å². The van der Waals surface area contributed by atoms with Gasteiger partial charge in [0.15, 0.2) is 0 Å². The molecule has 30 heavy (non-hydrogen) atoms. The predicted molar refractivity (Wildman–Crippen MR) is 118 cm³/mol. The van der Waals surface area contributed by atoms with Crippen molar-refractivity contribution in [3.63, 3.8) is 0 Å². The SMILES string of the molecule is C=CC(=O)Oc1ccc(-c2ccc(-c3ccc(OC(=O)C(=C)C)cc3)cc2C)cc1. The molecule has 0 aromatic heterocycles. The average Bonchev–Trinajstić information content (AvgIpc) is 2.74. The first-order valence-electron chi connectivity index (χ1n) is 9.41. The highest BCUT2D eigenvalue weighted by Gasteiger charge is 2.08. The lowest BCUT2D eigenvalue weighted by molar-refractivity contribution is -0.130. The number of hydrogen-bond donors (Lipinski definition) is 0. The molecule has 0 spiro atoms. The predicted octanol–water partition coefficient (Wildman–Crippen LogP) is 5.90.